The molecular weight excluding hydrogens is 1600 g/mol. The fourth-order valence-electron chi connectivity index (χ4n) is 14.3. The Labute approximate surface area is 739 Å². The van der Waals surface area contributed by atoms with Crippen molar-refractivity contribution in [2.24, 2.45) is 69.9 Å². The van der Waals surface area contributed by atoms with Crippen LogP contribution in [0.25, 0.3) is 0 Å². The molecule has 0 aliphatic carbocycles. The highest BCUT2D eigenvalue weighted by Crippen LogP contribution is 2.19. The van der Waals surface area contributed by atoms with Gasteiger partial charge >= 0.3 is 11.9 Å². The van der Waals surface area contributed by atoms with Gasteiger partial charge in [0.05, 0.1) is 6.42 Å². The summed E-state index contributed by atoms with van der Waals surface area (Å²) < 4.78 is 0. The normalized spacial score (nSPS) is 14.7. The zero-order valence-electron chi connectivity index (χ0n) is 77.4. The Hall–Kier alpha value is -8.19. The van der Waals surface area contributed by atoms with Crippen molar-refractivity contribution in [1.29, 1.82) is 0 Å². The average Bonchev–Trinajstić information content (AvgIpc) is 0.852. The summed E-state index contributed by atoms with van der Waals surface area (Å²) in [7, 11) is 0. The lowest BCUT2D eigenvalue weighted by Gasteiger charge is -2.30. The van der Waals surface area contributed by atoms with Crippen LogP contribution >= 0.6 is 0 Å². The average molecular weight is 1760 g/mol. The fourth-order valence-corrected chi connectivity index (χ4v) is 14.3. The van der Waals surface area contributed by atoms with E-state index < -0.39 is 174 Å². The lowest BCUT2D eigenvalue weighted by atomic mass is 9.98. The highest BCUT2D eigenvalue weighted by molar-refractivity contribution is 6.00. The number of carbonyl (C=O) groups is 15. The molecule has 0 saturated carbocycles. The second-order valence-corrected chi connectivity index (χ2v) is 35.9. The summed E-state index contributed by atoms with van der Waals surface area (Å²) in [6.07, 6.45) is 13.8. The summed E-state index contributed by atoms with van der Waals surface area (Å²) in [5.41, 5.74) is 35.3. The van der Waals surface area contributed by atoms with E-state index in [1.807, 2.05) is 69.2 Å². The molecule has 0 fully saturated rings. The Bertz CT molecular complexity index is 3150. The van der Waals surface area contributed by atoms with Crippen LogP contribution in [0.15, 0.2) is 0 Å². The summed E-state index contributed by atoms with van der Waals surface area (Å²) in [5, 5.41) is 55.5. The Balaban J connectivity index is 7.31. The molecular formula is C88H167N19O17. The van der Waals surface area contributed by atoms with Crippen LogP contribution in [-0.4, -0.2) is 217 Å². The van der Waals surface area contributed by atoms with Crippen molar-refractivity contribution >= 4 is 88.7 Å². The molecule has 0 aromatic heterocycles. The molecule has 27 N–H and O–H groups in total. The van der Waals surface area contributed by atoms with Crippen molar-refractivity contribution < 1.29 is 82.1 Å². The molecule has 13 atom stereocenters. The smallest absolute Gasteiger partial charge is 0.326 e. The van der Waals surface area contributed by atoms with Gasteiger partial charge in [-0.15, -0.1) is 0 Å². The maximum Gasteiger partial charge on any atom is 0.326 e. The van der Waals surface area contributed by atoms with Crippen LogP contribution in [0.2, 0.25) is 0 Å². The van der Waals surface area contributed by atoms with E-state index in [1.165, 1.54) is 12.8 Å². The highest BCUT2D eigenvalue weighted by Gasteiger charge is 2.39. The van der Waals surface area contributed by atoms with Crippen molar-refractivity contribution in [3.05, 3.63) is 0 Å². The Morgan fingerprint density at radius 3 is 0.589 bits per heavy atom. The van der Waals surface area contributed by atoms with Gasteiger partial charge in [0, 0.05) is 6.42 Å². The topological polar surface area (TPSA) is 609 Å². The van der Waals surface area contributed by atoms with E-state index in [0.29, 0.717) is 90.0 Å². The monoisotopic (exact) mass is 1760 g/mol. The van der Waals surface area contributed by atoms with E-state index in [9.17, 15) is 82.1 Å². The lowest BCUT2D eigenvalue weighted by molar-refractivity contribution is -0.143. The zero-order valence-corrected chi connectivity index (χ0v) is 77.4. The standard InChI is InChI=1S/C88H167N19O17/c1-14-15-16-17-18-19-20-21-22-41-74(108)95-72(54-75(109)110)87(122)106-69(50-57(6)7)84(119)101-62(36-24-30-43-90)77(112)97-65(39-27-33-46-93)80(115)103-70(51-58(8)9)85(120)104-67(48-55(2)3)82(117)99-61(35-23-29-42-89)76(111)96-64(38-26-32-45-92)79(114)102-71(52-59(10)11)86(121)105-68(49-56(4)5)83(118)100-63(37-25-31-44-91)78(113)98-66(40-28-34-47-94)81(116)107-73(88(123)124)53-60(12)13/h55-73H,14-54,89-94H2,1-13H3,(H,95,108)(H,96,111)(H,97,112)(H,98,113)(H,99,117)(H,100,118)(H,101,119)(H,102,114)(H,103,115)(H,104,120)(H,105,121)(H,106,122)(H,107,116)(H,109,110)(H,123,124)/t61-,62-,63-,64-,65-,66-,67-,68-,69-,70-,71-,72-,73-/m0/s1. The van der Waals surface area contributed by atoms with Crippen molar-refractivity contribution in [3.8, 4) is 0 Å². The molecule has 0 aromatic carbocycles. The van der Waals surface area contributed by atoms with Crippen molar-refractivity contribution in [3.63, 3.8) is 0 Å². The molecule has 0 rings (SSSR count). The second kappa shape index (κ2) is 68.1. The van der Waals surface area contributed by atoms with Gasteiger partial charge < -0.3 is 114 Å². The molecule has 0 saturated heterocycles. The number of hydrogen-bond acceptors (Lipinski definition) is 21. The van der Waals surface area contributed by atoms with E-state index in [0.717, 1.165) is 38.5 Å². The number of amides is 13. The van der Waals surface area contributed by atoms with Crippen LogP contribution in [-0.2, 0) is 71.9 Å². The van der Waals surface area contributed by atoms with Gasteiger partial charge in [-0.1, -0.05) is 141 Å². The predicted octanol–water partition coefficient (Wildman–Crippen LogP) is 3.82. The van der Waals surface area contributed by atoms with Gasteiger partial charge in [-0.3, -0.25) is 67.1 Å². The number of rotatable bonds is 74. The van der Waals surface area contributed by atoms with Gasteiger partial charge in [-0.2, -0.15) is 0 Å². The van der Waals surface area contributed by atoms with Crippen molar-refractivity contribution in [2.45, 2.75) is 393 Å². The van der Waals surface area contributed by atoms with Crippen LogP contribution in [0, 0.1) is 35.5 Å². The van der Waals surface area contributed by atoms with Crippen LogP contribution in [0.1, 0.15) is 315 Å². The molecule has 0 heterocycles. The third-order valence-electron chi connectivity index (χ3n) is 21.0. The van der Waals surface area contributed by atoms with Gasteiger partial charge in [-0.25, -0.2) is 4.79 Å². The molecule has 124 heavy (non-hydrogen) atoms. The second-order valence-electron chi connectivity index (χ2n) is 35.9. The summed E-state index contributed by atoms with van der Waals surface area (Å²) in [4.78, 5) is 212. The van der Waals surface area contributed by atoms with Crippen LogP contribution < -0.4 is 104 Å². The third-order valence-corrected chi connectivity index (χ3v) is 21.0. The van der Waals surface area contributed by atoms with Crippen LogP contribution in [0.3, 0.4) is 0 Å². The Kier molecular flexibility index (Phi) is 63.6. The largest absolute Gasteiger partial charge is 0.481 e. The molecule has 0 bridgehead atoms. The quantitative estimate of drug-likeness (QED) is 0.0385. The predicted molar refractivity (Wildman–Crippen MR) is 481 cm³/mol. The number of carboxylic acids is 2. The van der Waals surface area contributed by atoms with E-state index in [1.54, 1.807) is 13.8 Å². The number of nitrogens with two attached hydrogens (primary N) is 6. The minimum absolute atomic E-state index is 0.0171. The molecule has 0 radical (unpaired) electrons. The minimum atomic E-state index is -1.53. The Morgan fingerprint density at radius 1 is 0.218 bits per heavy atom. The number of aliphatic carboxylic acids is 2. The van der Waals surface area contributed by atoms with Crippen molar-refractivity contribution in [2.75, 3.05) is 39.3 Å². The van der Waals surface area contributed by atoms with Gasteiger partial charge in [0.25, 0.3) is 0 Å². The molecule has 13 amide bonds. The maximum atomic E-state index is 14.9. The maximum absolute atomic E-state index is 14.9. The number of carbonyl (C=O) groups excluding carboxylic acids is 13. The lowest BCUT2D eigenvalue weighted by Crippen LogP contribution is -2.61. The van der Waals surface area contributed by atoms with Gasteiger partial charge in [0.15, 0.2) is 0 Å². The summed E-state index contributed by atoms with van der Waals surface area (Å²) in [6.45, 7) is 25.4. The van der Waals surface area contributed by atoms with Gasteiger partial charge in [0.1, 0.15) is 78.5 Å². The molecule has 0 aliphatic rings. The minimum Gasteiger partial charge on any atom is -0.481 e. The van der Waals surface area contributed by atoms with Crippen molar-refractivity contribution in [1.82, 2.24) is 69.1 Å². The summed E-state index contributed by atoms with van der Waals surface area (Å²) in [6, 6.07) is -17.0. The van der Waals surface area contributed by atoms with E-state index in [2.05, 4.69) is 76.0 Å². The first-order chi connectivity index (χ1) is 58.7. The molecule has 0 unspecified atom stereocenters. The third kappa shape index (κ3) is 53.3. The zero-order chi connectivity index (χ0) is 93.8. The first kappa shape index (κ1) is 116. The first-order valence-corrected chi connectivity index (χ1v) is 46.3. The van der Waals surface area contributed by atoms with Gasteiger partial charge in [0.2, 0.25) is 76.8 Å². The molecule has 716 valence electrons. The fraction of sp³-hybridized carbons (Fsp3) is 0.830. The van der Waals surface area contributed by atoms with E-state index in [4.69, 9.17) is 34.4 Å². The number of carboxylic acid groups (broad SMARTS) is 2. The molecule has 0 aliphatic heterocycles. The first-order valence-electron chi connectivity index (χ1n) is 46.3. The molecule has 36 heteroatoms. The number of unbranched alkanes of at least 4 members (excludes halogenated alkanes) is 14. The highest BCUT2D eigenvalue weighted by atomic mass is 16.4. The number of nitrogens with one attached hydrogen (secondary N) is 13. The summed E-state index contributed by atoms with van der Waals surface area (Å²) >= 11 is 0. The van der Waals surface area contributed by atoms with Crippen LogP contribution in [0.4, 0.5) is 0 Å². The number of hydrogen-bond donors (Lipinski definition) is 21. The molecule has 0 spiro atoms. The summed E-state index contributed by atoms with van der Waals surface area (Å²) in [5.74, 6) is -13.7. The van der Waals surface area contributed by atoms with Gasteiger partial charge in [-0.05, 0) is 235 Å². The molecule has 0 aromatic rings. The molecule has 36 nitrogen and oxygen atoms in total. The Morgan fingerprint density at radius 2 is 0.395 bits per heavy atom. The van der Waals surface area contributed by atoms with Crippen LogP contribution in [0.5, 0.6) is 0 Å². The van der Waals surface area contributed by atoms with E-state index in [-0.39, 0.29) is 152 Å². The SMILES string of the molecule is CCCCCCCCCCCC(=O)N[C@@H](CC(=O)O)C(=O)N[C@@H](CC(C)C)C(=O)N[C@@H](CCCCN)C(=O)N[C@@H](CCCCN)C(=O)N[C@@H](CC(C)C)C(=O)N[C@@H](CC(C)C)C(=O)N[C@@H](CCCCN)C(=O)N[C@@H](CCCCN)C(=O)N[C@@H](CC(C)C)C(=O)N[C@@H](CC(C)C)C(=O)N[C@@H](CCCCN)C(=O)N[C@@H](CCCCN)C(=O)N[C@@H](CC(C)C)C(=O)O. The van der Waals surface area contributed by atoms with E-state index >= 15 is 0 Å².